The molecule has 0 spiro atoms. The number of hydrogen-bond acceptors (Lipinski definition) is 3. The number of nitrogens with zero attached hydrogens (tertiary/aromatic N) is 1. The van der Waals surface area contributed by atoms with Crippen LogP contribution in [0.15, 0.2) is 18.1 Å². The van der Waals surface area contributed by atoms with Crippen molar-refractivity contribution in [1.29, 1.82) is 5.26 Å². The molecule has 0 saturated carbocycles. The third-order valence-electron chi connectivity index (χ3n) is 3.44. The van der Waals surface area contributed by atoms with Crippen LogP contribution in [0, 0.1) is 18.2 Å². The van der Waals surface area contributed by atoms with Gasteiger partial charge in [-0.3, -0.25) is 0 Å². The van der Waals surface area contributed by atoms with Crippen molar-refractivity contribution in [2.45, 2.75) is 45.7 Å². The normalized spacial score (nSPS) is 26.3. The van der Waals surface area contributed by atoms with Crippen molar-refractivity contribution in [3.63, 3.8) is 0 Å². The van der Waals surface area contributed by atoms with Gasteiger partial charge in [0.1, 0.15) is 0 Å². The third kappa shape index (κ3) is 2.05. The van der Waals surface area contributed by atoms with Crippen LogP contribution in [-0.2, 0) is 9.31 Å². The second-order valence-electron chi connectivity index (χ2n) is 5.24. The molecule has 94 valence electrons. The molecule has 0 unspecified atom stereocenters. The van der Waals surface area contributed by atoms with E-state index in [9.17, 15) is 5.26 Å². The lowest BCUT2D eigenvalue weighted by Gasteiger charge is -2.32. The molecule has 1 heterocycles. The molecule has 3 nitrogen and oxygen atoms in total. The predicted molar refractivity (Wildman–Crippen MR) is 71.6 cm³/mol. The Morgan fingerprint density at radius 1 is 1.28 bits per heavy atom. The Morgan fingerprint density at radius 3 is 2.39 bits per heavy atom. The average Bonchev–Trinajstić information content (AvgIpc) is 2.60. The van der Waals surface area contributed by atoms with E-state index in [4.69, 9.17) is 17.5 Å². The zero-order valence-electron chi connectivity index (χ0n) is 16.8. The van der Waals surface area contributed by atoms with Gasteiger partial charge in [-0.15, -0.1) is 0 Å². The van der Waals surface area contributed by atoms with Crippen LogP contribution in [0.4, 0.5) is 0 Å². The molecule has 0 N–H and O–H groups in total. The fourth-order valence-electron chi connectivity index (χ4n) is 1.64. The van der Waals surface area contributed by atoms with Gasteiger partial charge in [0.05, 0.1) is 26.9 Å². The van der Waals surface area contributed by atoms with Crippen molar-refractivity contribution in [2.24, 2.45) is 0 Å². The number of hydrogen-bond donors (Lipinski definition) is 0. The summed E-state index contributed by atoms with van der Waals surface area (Å²) in [7, 11) is -1.11. The van der Waals surface area contributed by atoms with Crippen molar-refractivity contribution >= 4 is 12.6 Å². The molecule has 0 atom stereocenters. The predicted octanol–water partition coefficient (Wildman–Crippen LogP) is 2.17. The summed E-state index contributed by atoms with van der Waals surface area (Å²) in [5.41, 5.74) is -2.45. The molecule has 0 amide bonds. The summed E-state index contributed by atoms with van der Waals surface area (Å²) in [6.45, 7) is 4.42. The lowest BCUT2D eigenvalue weighted by molar-refractivity contribution is 0.00578. The largest absolute Gasteiger partial charge is 0.496 e. The zero-order chi connectivity index (χ0) is 18.7. The molecular formula is C14H18BNO2. The number of nitriles is 1. The van der Waals surface area contributed by atoms with Gasteiger partial charge in [0.15, 0.2) is 0 Å². The molecular weight excluding hydrogens is 225 g/mol. The first kappa shape index (κ1) is 7.32. The molecule has 4 heteroatoms. The van der Waals surface area contributed by atoms with Gasteiger partial charge in [-0.2, -0.15) is 5.26 Å². The first-order valence-electron chi connectivity index (χ1n) is 8.64. The van der Waals surface area contributed by atoms with Gasteiger partial charge in [-0.25, -0.2) is 0 Å². The van der Waals surface area contributed by atoms with Gasteiger partial charge in [0.25, 0.3) is 0 Å². The molecule has 1 aliphatic rings. The summed E-state index contributed by atoms with van der Waals surface area (Å²) in [4.78, 5) is 0. The van der Waals surface area contributed by atoms with E-state index >= 15 is 0 Å². The van der Waals surface area contributed by atoms with Gasteiger partial charge in [0.2, 0.25) is 0 Å². The van der Waals surface area contributed by atoms with Crippen LogP contribution >= 0.6 is 0 Å². The van der Waals surface area contributed by atoms with Crippen LogP contribution in [0.1, 0.15) is 47.0 Å². The third-order valence-corrected chi connectivity index (χ3v) is 3.44. The molecule has 0 bridgehead atoms. The lowest BCUT2D eigenvalue weighted by Crippen LogP contribution is -2.41. The Labute approximate surface area is 117 Å². The van der Waals surface area contributed by atoms with E-state index in [1.807, 2.05) is 0 Å². The molecule has 1 aliphatic heterocycles. The van der Waals surface area contributed by atoms with Gasteiger partial charge >= 0.3 is 7.12 Å². The summed E-state index contributed by atoms with van der Waals surface area (Å²) >= 11 is 0. The summed E-state index contributed by atoms with van der Waals surface area (Å²) in [5, 5.41) is 9.42. The van der Waals surface area contributed by atoms with Gasteiger partial charge < -0.3 is 9.31 Å². The van der Waals surface area contributed by atoms with Crippen molar-refractivity contribution in [2.75, 3.05) is 0 Å². The fourth-order valence-corrected chi connectivity index (χ4v) is 1.64. The maximum absolute atomic E-state index is 9.42. The molecule has 1 saturated heterocycles. The van der Waals surface area contributed by atoms with Crippen molar-refractivity contribution in [3.05, 3.63) is 29.3 Å². The van der Waals surface area contributed by atoms with Crippen molar-refractivity contribution < 1.29 is 17.5 Å². The van der Waals surface area contributed by atoms with Crippen LogP contribution in [0.3, 0.4) is 0 Å². The van der Waals surface area contributed by atoms with E-state index in [0.717, 1.165) is 0 Å². The van der Waals surface area contributed by atoms with Gasteiger partial charge in [0, 0.05) is 9.58 Å². The van der Waals surface area contributed by atoms with Gasteiger partial charge in [-0.1, -0.05) is 12.1 Å². The standard InChI is InChI=1S/C14H18BNO2/c1-10-6-7-12(11(8-10)9-16)15-17-13(2,3)14(4,5)18-15/h6-8H,1-5H3/i1D3,6D,7D,8D. The number of benzene rings is 1. The Morgan fingerprint density at radius 2 is 1.89 bits per heavy atom. The van der Waals surface area contributed by atoms with E-state index in [1.54, 1.807) is 33.8 Å². The van der Waals surface area contributed by atoms with Crippen LogP contribution in [0.5, 0.6) is 0 Å². The average molecular weight is 249 g/mol. The molecule has 1 aromatic carbocycles. The molecule has 0 radical (unpaired) electrons. The molecule has 0 aromatic heterocycles. The molecule has 1 fully saturated rings. The highest BCUT2D eigenvalue weighted by Crippen LogP contribution is 2.36. The topological polar surface area (TPSA) is 42.2 Å². The highest BCUT2D eigenvalue weighted by Gasteiger charge is 2.52. The molecule has 18 heavy (non-hydrogen) atoms. The zero-order valence-corrected chi connectivity index (χ0v) is 10.8. The maximum Gasteiger partial charge on any atom is 0.496 e. The van der Waals surface area contributed by atoms with Crippen LogP contribution in [-0.4, -0.2) is 18.3 Å². The summed E-state index contributed by atoms with van der Waals surface area (Å²) in [6.07, 6.45) is 0. The highest BCUT2D eigenvalue weighted by atomic mass is 16.7. The Kier molecular flexibility index (Phi) is 1.67. The van der Waals surface area contributed by atoms with Crippen molar-refractivity contribution in [1.82, 2.24) is 0 Å². The second kappa shape index (κ2) is 4.12. The minimum Gasteiger partial charge on any atom is -0.399 e. The minimum absolute atomic E-state index is 0.0702. The van der Waals surface area contributed by atoms with E-state index in [1.165, 1.54) is 0 Å². The van der Waals surface area contributed by atoms with Crippen LogP contribution in [0.25, 0.3) is 0 Å². The Hall–Kier alpha value is -1.31. The van der Waals surface area contributed by atoms with Crippen LogP contribution in [0.2, 0.25) is 0 Å². The summed E-state index contributed by atoms with van der Waals surface area (Å²) in [5.74, 6) is 0. The first-order valence-corrected chi connectivity index (χ1v) is 5.64. The number of rotatable bonds is 1. The van der Waals surface area contributed by atoms with E-state index < -0.39 is 48.9 Å². The van der Waals surface area contributed by atoms with Crippen LogP contribution < -0.4 is 5.46 Å². The smallest absolute Gasteiger partial charge is 0.399 e. The highest BCUT2D eigenvalue weighted by molar-refractivity contribution is 6.62. The quantitative estimate of drug-likeness (QED) is 0.716. The molecule has 1 aromatic rings. The fraction of sp³-hybridized carbons (Fsp3) is 0.500. The Bertz CT molecular complexity index is 722. The Balaban J connectivity index is 2.73. The molecule has 0 aliphatic carbocycles. The first-order chi connectivity index (χ1) is 10.7. The minimum atomic E-state index is -2.76. The molecule has 2 rings (SSSR count). The monoisotopic (exact) mass is 249 g/mol. The maximum atomic E-state index is 9.42. The SMILES string of the molecule is [2H]c1c([2H])c(C([2H])([2H])[2H])c([2H])c(C#N)c1B1OC(C)(C)C(C)(C)O1. The van der Waals surface area contributed by atoms with E-state index in [0.29, 0.717) is 0 Å². The summed E-state index contributed by atoms with van der Waals surface area (Å²) in [6, 6.07) is 0.122. The van der Waals surface area contributed by atoms with E-state index in [2.05, 4.69) is 0 Å². The van der Waals surface area contributed by atoms with Crippen molar-refractivity contribution in [3.8, 4) is 6.07 Å². The van der Waals surface area contributed by atoms with E-state index in [-0.39, 0.29) is 11.0 Å². The lowest BCUT2D eigenvalue weighted by atomic mass is 9.76. The summed E-state index contributed by atoms with van der Waals surface area (Å²) < 4.78 is 58.2. The second-order valence-corrected chi connectivity index (χ2v) is 5.24. The van der Waals surface area contributed by atoms with Gasteiger partial charge in [-0.05, 0) is 46.2 Å².